The second-order valence-electron chi connectivity index (χ2n) is 7.93. The quantitative estimate of drug-likeness (QED) is 0.549. The van der Waals surface area contributed by atoms with E-state index in [0.717, 1.165) is 28.2 Å². The van der Waals surface area contributed by atoms with Crippen molar-refractivity contribution in [1.82, 2.24) is 9.58 Å². The molecule has 0 saturated carbocycles. The van der Waals surface area contributed by atoms with Crippen molar-refractivity contribution in [2.24, 2.45) is 10.1 Å². The molecule has 1 amide bonds. The predicted molar refractivity (Wildman–Crippen MR) is 130 cm³/mol. The van der Waals surface area contributed by atoms with Crippen LogP contribution in [-0.2, 0) is 4.79 Å². The number of amidine groups is 2. The Kier molecular flexibility index (Phi) is 5.09. The molecule has 2 aliphatic heterocycles. The summed E-state index contributed by atoms with van der Waals surface area (Å²) in [5.41, 5.74) is 5.91. The number of hydrazone groups is 1. The minimum Gasteiger partial charge on any atom is -0.318 e. The van der Waals surface area contributed by atoms with Gasteiger partial charge in [0.15, 0.2) is 5.84 Å². The molecular weight excluding hydrogens is 437 g/mol. The third-order valence-electron chi connectivity index (χ3n) is 5.58. The van der Waals surface area contributed by atoms with Gasteiger partial charge in [-0.25, -0.2) is 4.39 Å². The first-order chi connectivity index (χ1) is 15.8. The molecule has 6 nitrogen and oxygen atoms in total. The van der Waals surface area contributed by atoms with Gasteiger partial charge in [0.05, 0.1) is 5.57 Å². The Morgan fingerprint density at radius 2 is 1.82 bits per heavy atom. The molecule has 0 aliphatic carbocycles. The van der Waals surface area contributed by atoms with Crippen LogP contribution < -0.4 is 0 Å². The Morgan fingerprint density at radius 1 is 1.06 bits per heavy atom. The zero-order valence-electron chi connectivity index (χ0n) is 18.3. The van der Waals surface area contributed by atoms with Crippen molar-refractivity contribution in [2.45, 2.75) is 20.8 Å². The maximum absolute atomic E-state index is 13.3. The number of hydrogen-bond acceptors (Lipinski definition) is 4. The first kappa shape index (κ1) is 21.1. The number of rotatable bonds is 3. The van der Waals surface area contributed by atoms with E-state index in [-0.39, 0.29) is 17.2 Å². The van der Waals surface area contributed by atoms with Crippen molar-refractivity contribution < 1.29 is 9.18 Å². The maximum atomic E-state index is 13.3. The number of aryl methyl sites for hydroxylation is 2. The van der Waals surface area contributed by atoms with Gasteiger partial charge in [-0.15, -0.1) is 0 Å². The summed E-state index contributed by atoms with van der Waals surface area (Å²) in [6.45, 7) is 6.05. The number of amides is 1. The van der Waals surface area contributed by atoms with Gasteiger partial charge in [-0.1, -0.05) is 12.1 Å². The van der Waals surface area contributed by atoms with Crippen LogP contribution in [0.25, 0.3) is 11.8 Å². The number of aromatic nitrogens is 1. The molecule has 3 aromatic rings. The number of thioether (sulfide) groups is 1. The lowest BCUT2D eigenvalue weighted by Crippen LogP contribution is -2.35. The molecule has 3 heterocycles. The minimum absolute atomic E-state index is 0.0324. The van der Waals surface area contributed by atoms with Crippen LogP contribution in [0.2, 0.25) is 0 Å². The first-order valence-corrected chi connectivity index (χ1v) is 11.2. The third-order valence-corrected chi connectivity index (χ3v) is 6.53. The van der Waals surface area contributed by atoms with Gasteiger partial charge >= 0.3 is 0 Å². The van der Waals surface area contributed by atoms with Crippen molar-refractivity contribution in [2.75, 3.05) is 0 Å². The maximum Gasteiger partial charge on any atom is 0.283 e. The monoisotopic (exact) mass is 457 g/mol. The van der Waals surface area contributed by atoms with E-state index in [9.17, 15) is 9.18 Å². The number of carbonyl (C=O) groups excluding carboxylic acids is 1. The normalized spacial score (nSPS) is 16.8. The predicted octanol–water partition coefficient (Wildman–Crippen LogP) is 5.21. The number of nitrogens with one attached hydrogen (secondary N) is 1. The van der Waals surface area contributed by atoms with E-state index in [2.05, 4.69) is 20.7 Å². The van der Waals surface area contributed by atoms with E-state index in [1.807, 2.05) is 45.0 Å². The average molecular weight is 458 g/mol. The molecular formula is C25H20FN5OS. The number of hydrogen-bond donors (Lipinski definition) is 1. The summed E-state index contributed by atoms with van der Waals surface area (Å²) in [6.07, 6.45) is 1.70. The summed E-state index contributed by atoms with van der Waals surface area (Å²) in [6, 6.07) is 16.1. The first-order valence-electron chi connectivity index (χ1n) is 10.3. The van der Waals surface area contributed by atoms with E-state index in [1.165, 1.54) is 28.9 Å². The van der Waals surface area contributed by atoms with Gasteiger partial charge in [0.25, 0.3) is 5.91 Å². The fourth-order valence-electron chi connectivity index (χ4n) is 3.95. The van der Waals surface area contributed by atoms with E-state index < -0.39 is 5.91 Å². The highest BCUT2D eigenvalue weighted by molar-refractivity contribution is 8.27. The summed E-state index contributed by atoms with van der Waals surface area (Å²) in [5, 5.41) is 15.3. The van der Waals surface area contributed by atoms with E-state index in [0.29, 0.717) is 15.8 Å². The summed E-state index contributed by atoms with van der Waals surface area (Å²) in [7, 11) is 0. The summed E-state index contributed by atoms with van der Waals surface area (Å²) >= 11 is 1.19. The van der Waals surface area contributed by atoms with Crippen molar-refractivity contribution in [3.8, 4) is 5.69 Å². The molecule has 0 fully saturated rings. The van der Waals surface area contributed by atoms with Crippen LogP contribution in [0.3, 0.4) is 0 Å². The fourth-order valence-corrected chi connectivity index (χ4v) is 4.85. The Bertz CT molecular complexity index is 1420. The SMILES string of the molecule is Cc1cccc(-n2c(C)cc(/C=C3/C(=N)N4N=C(c5ccc(F)cc5)SC4=NC3=O)c2C)c1. The largest absolute Gasteiger partial charge is 0.318 e. The number of benzene rings is 2. The van der Waals surface area contributed by atoms with E-state index in [1.54, 1.807) is 18.2 Å². The van der Waals surface area contributed by atoms with E-state index >= 15 is 0 Å². The van der Waals surface area contributed by atoms with Gasteiger partial charge in [0, 0.05) is 22.6 Å². The van der Waals surface area contributed by atoms with Crippen LogP contribution in [0.4, 0.5) is 4.39 Å². The van der Waals surface area contributed by atoms with Crippen molar-refractivity contribution in [3.63, 3.8) is 0 Å². The standard InChI is InChI=1S/C25H20FN5OS/c1-14-5-4-6-20(11-14)30-15(2)12-18(16(30)3)13-21-22(27)31-25(28-23(21)32)33-24(29-31)17-7-9-19(26)10-8-17/h4-13,27H,1-3H3/b21-13-,27-22?. The van der Waals surface area contributed by atoms with E-state index in [4.69, 9.17) is 5.41 Å². The molecule has 33 heavy (non-hydrogen) atoms. The molecule has 0 spiro atoms. The molecule has 0 bridgehead atoms. The molecule has 0 saturated heterocycles. The molecule has 0 atom stereocenters. The van der Waals surface area contributed by atoms with Crippen molar-refractivity contribution >= 4 is 39.8 Å². The molecule has 0 radical (unpaired) electrons. The number of fused-ring (bicyclic) bond motifs is 1. The zero-order chi connectivity index (χ0) is 23.3. The number of nitrogens with zero attached hydrogens (tertiary/aromatic N) is 4. The molecule has 5 rings (SSSR count). The van der Waals surface area contributed by atoms with Gasteiger partial charge in [-0.2, -0.15) is 15.1 Å². The molecule has 2 aromatic carbocycles. The highest BCUT2D eigenvalue weighted by Gasteiger charge is 2.36. The molecule has 0 unspecified atom stereocenters. The Morgan fingerprint density at radius 3 is 2.55 bits per heavy atom. The topological polar surface area (TPSA) is 73.8 Å². The Balaban J connectivity index is 1.51. The molecule has 164 valence electrons. The van der Waals surface area contributed by atoms with Crippen LogP contribution in [-0.4, -0.2) is 31.5 Å². The van der Waals surface area contributed by atoms with Gasteiger partial charge < -0.3 is 4.57 Å². The van der Waals surface area contributed by atoms with Gasteiger partial charge in [-0.05, 0) is 92.2 Å². The highest BCUT2D eigenvalue weighted by Crippen LogP contribution is 2.32. The minimum atomic E-state index is -0.477. The lowest BCUT2D eigenvalue weighted by molar-refractivity contribution is -0.114. The van der Waals surface area contributed by atoms with Crippen molar-refractivity contribution in [1.29, 1.82) is 5.41 Å². The van der Waals surface area contributed by atoms with Gasteiger partial charge in [0.1, 0.15) is 10.9 Å². The third kappa shape index (κ3) is 3.72. The van der Waals surface area contributed by atoms with Gasteiger partial charge in [0.2, 0.25) is 5.17 Å². The fraction of sp³-hybridized carbons (Fsp3) is 0.120. The van der Waals surface area contributed by atoms with Crippen LogP contribution in [0.15, 0.2) is 70.3 Å². The summed E-state index contributed by atoms with van der Waals surface area (Å²) < 4.78 is 15.4. The second kappa shape index (κ2) is 7.97. The van der Waals surface area contributed by atoms with Crippen LogP contribution in [0, 0.1) is 32.0 Å². The molecule has 2 aliphatic rings. The van der Waals surface area contributed by atoms with Crippen LogP contribution >= 0.6 is 11.8 Å². The lowest BCUT2D eigenvalue weighted by atomic mass is 10.1. The average Bonchev–Trinajstić information content (AvgIpc) is 3.32. The highest BCUT2D eigenvalue weighted by atomic mass is 32.2. The van der Waals surface area contributed by atoms with Crippen LogP contribution in [0.1, 0.15) is 28.1 Å². The number of carbonyl (C=O) groups is 1. The smallest absolute Gasteiger partial charge is 0.283 e. The molecule has 1 aromatic heterocycles. The summed E-state index contributed by atoms with van der Waals surface area (Å²) in [4.78, 5) is 17.0. The van der Waals surface area contributed by atoms with Crippen molar-refractivity contribution in [3.05, 3.63) is 94.1 Å². The molecule has 1 N–H and O–H groups in total. The van der Waals surface area contributed by atoms with Gasteiger partial charge in [-0.3, -0.25) is 10.2 Å². The number of aliphatic imine (C=N–C) groups is 1. The van der Waals surface area contributed by atoms with Crippen LogP contribution in [0.5, 0.6) is 0 Å². The molecule has 8 heteroatoms. The zero-order valence-corrected chi connectivity index (χ0v) is 19.1. The Hall–Kier alpha value is -3.78. The Labute approximate surface area is 194 Å². The second-order valence-corrected chi connectivity index (χ2v) is 8.89. The summed E-state index contributed by atoms with van der Waals surface area (Å²) in [5.74, 6) is -0.849. The lowest BCUT2D eigenvalue weighted by Gasteiger charge is -2.20. The number of halogens is 1.